The molecule has 1 atom stereocenters. The molecule has 23 heavy (non-hydrogen) atoms. The third kappa shape index (κ3) is 2.81. The van der Waals surface area contributed by atoms with Crippen LogP contribution in [-0.2, 0) is 9.53 Å². The molecular weight excluding hydrogens is 294 g/mol. The molecule has 0 saturated carbocycles. The summed E-state index contributed by atoms with van der Waals surface area (Å²) in [5.74, 6) is -0.172. The Morgan fingerprint density at radius 1 is 1.35 bits per heavy atom. The van der Waals surface area contributed by atoms with Crippen molar-refractivity contribution in [2.24, 2.45) is 10.9 Å². The second-order valence-electron chi connectivity index (χ2n) is 6.30. The van der Waals surface area contributed by atoms with Gasteiger partial charge in [0.1, 0.15) is 11.4 Å². The molecule has 1 unspecified atom stereocenters. The van der Waals surface area contributed by atoms with E-state index in [0.29, 0.717) is 17.0 Å². The molecule has 2 rings (SSSR count). The summed E-state index contributed by atoms with van der Waals surface area (Å²) in [4.78, 5) is 31.0. The highest BCUT2D eigenvalue weighted by Gasteiger charge is 2.43. The van der Waals surface area contributed by atoms with Crippen molar-refractivity contribution in [3.63, 3.8) is 0 Å². The van der Waals surface area contributed by atoms with Crippen LogP contribution in [-0.4, -0.2) is 44.5 Å². The predicted molar refractivity (Wildman–Crippen MR) is 90.0 cm³/mol. The lowest BCUT2D eigenvalue weighted by Crippen LogP contribution is -2.41. The van der Waals surface area contributed by atoms with Crippen molar-refractivity contribution in [1.29, 1.82) is 0 Å². The molecule has 1 heterocycles. The van der Waals surface area contributed by atoms with Gasteiger partial charge in [-0.3, -0.25) is 9.79 Å². The number of amides is 1. The van der Waals surface area contributed by atoms with Crippen LogP contribution in [0.3, 0.4) is 0 Å². The van der Waals surface area contributed by atoms with Crippen molar-refractivity contribution in [2.45, 2.75) is 26.3 Å². The van der Waals surface area contributed by atoms with Crippen LogP contribution in [0.15, 0.2) is 23.2 Å². The number of carbonyl (C=O) groups excluding carboxylic acids is 2. The number of aliphatic imine (C=N–C) groups is 1. The number of ether oxygens (including phenoxy) is 1. The fourth-order valence-corrected chi connectivity index (χ4v) is 2.50. The average molecular weight is 317 g/mol. The van der Waals surface area contributed by atoms with Gasteiger partial charge in [0.05, 0.1) is 18.2 Å². The zero-order chi connectivity index (χ0) is 17.4. The number of amidine groups is 1. The topological polar surface area (TPSA) is 71.0 Å². The van der Waals surface area contributed by atoms with Crippen molar-refractivity contribution in [3.05, 3.63) is 29.3 Å². The lowest BCUT2D eigenvalue weighted by molar-refractivity contribution is -0.124. The van der Waals surface area contributed by atoms with Crippen LogP contribution in [0.25, 0.3) is 0 Å². The van der Waals surface area contributed by atoms with Gasteiger partial charge in [-0.15, -0.1) is 0 Å². The maximum Gasteiger partial charge on any atom is 0.338 e. The number of esters is 1. The van der Waals surface area contributed by atoms with Gasteiger partial charge in [-0.05, 0) is 25.0 Å². The summed E-state index contributed by atoms with van der Waals surface area (Å²) in [5, 5.41) is 2.83. The smallest absolute Gasteiger partial charge is 0.338 e. The highest BCUT2D eigenvalue weighted by atomic mass is 16.5. The number of hydrogen-bond donors (Lipinski definition) is 1. The number of methoxy groups -OCH3 is 1. The first-order chi connectivity index (χ1) is 10.7. The van der Waals surface area contributed by atoms with E-state index in [1.807, 2.05) is 38.9 Å². The molecule has 0 spiro atoms. The number of anilines is 1. The molecule has 124 valence electrons. The number of benzene rings is 1. The minimum atomic E-state index is -0.845. The molecule has 1 aliphatic rings. The third-order valence-electron chi connectivity index (χ3n) is 4.33. The number of hydrogen-bond acceptors (Lipinski definition) is 5. The van der Waals surface area contributed by atoms with E-state index in [2.05, 4.69) is 10.3 Å². The SMILES string of the molecule is COC(=O)c1cccc(N(C)C)c1C1=NC(C)(C(C)C)C(=O)N1. The third-order valence-corrected chi connectivity index (χ3v) is 4.33. The van der Waals surface area contributed by atoms with Gasteiger partial charge in [0.15, 0.2) is 0 Å². The molecule has 1 aromatic rings. The van der Waals surface area contributed by atoms with E-state index in [9.17, 15) is 9.59 Å². The van der Waals surface area contributed by atoms with Crippen molar-refractivity contribution in [2.75, 3.05) is 26.1 Å². The van der Waals surface area contributed by atoms with Gasteiger partial charge in [0.25, 0.3) is 5.91 Å². The summed E-state index contributed by atoms with van der Waals surface area (Å²) in [6, 6.07) is 5.33. The average Bonchev–Trinajstić information content (AvgIpc) is 2.82. The molecule has 0 radical (unpaired) electrons. The summed E-state index contributed by atoms with van der Waals surface area (Å²) >= 11 is 0. The fourth-order valence-electron chi connectivity index (χ4n) is 2.50. The Balaban J connectivity index is 2.67. The molecule has 0 saturated heterocycles. The Morgan fingerprint density at radius 3 is 2.48 bits per heavy atom. The molecule has 0 fully saturated rings. The minimum absolute atomic E-state index is 0.0353. The monoisotopic (exact) mass is 317 g/mol. The maximum absolute atomic E-state index is 12.4. The van der Waals surface area contributed by atoms with Crippen LogP contribution in [0.2, 0.25) is 0 Å². The predicted octanol–water partition coefficient (Wildman–Crippen LogP) is 1.83. The molecule has 0 aliphatic carbocycles. The summed E-state index contributed by atoms with van der Waals surface area (Å²) in [6.45, 7) is 5.70. The fraction of sp³-hybridized carbons (Fsp3) is 0.471. The Labute approximate surface area is 136 Å². The maximum atomic E-state index is 12.4. The Bertz CT molecular complexity index is 680. The van der Waals surface area contributed by atoms with E-state index in [1.54, 1.807) is 19.1 Å². The highest BCUT2D eigenvalue weighted by Crippen LogP contribution is 2.31. The number of nitrogens with one attached hydrogen (secondary N) is 1. The molecule has 0 aromatic heterocycles. The van der Waals surface area contributed by atoms with Crippen molar-refractivity contribution in [1.82, 2.24) is 5.32 Å². The normalized spacial score (nSPS) is 20.3. The molecule has 0 bridgehead atoms. The van der Waals surface area contributed by atoms with Gasteiger partial charge in [-0.25, -0.2) is 4.79 Å². The van der Waals surface area contributed by atoms with Crippen LogP contribution in [0, 0.1) is 5.92 Å². The van der Waals surface area contributed by atoms with E-state index in [-0.39, 0.29) is 11.8 Å². The summed E-state index contributed by atoms with van der Waals surface area (Å²) in [5.41, 5.74) is 0.912. The lowest BCUT2D eigenvalue weighted by atomic mass is 9.89. The zero-order valence-electron chi connectivity index (χ0n) is 14.4. The zero-order valence-corrected chi connectivity index (χ0v) is 14.4. The summed E-state index contributed by atoms with van der Waals surface area (Å²) < 4.78 is 4.87. The van der Waals surface area contributed by atoms with E-state index in [1.165, 1.54) is 7.11 Å². The highest BCUT2D eigenvalue weighted by molar-refractivity contribution is 6.20. The van der Waals surface area contributed by atoms with E-state index in [4.69, 9.17) is 4.74 Å². The number of nitrogens with zero attached hydrogens (tertiary/aromatic N) is 2. The van der Waals surface area contributed by atoms with Gasteiger partial charge in [-0.1, -0.05) is 19.9 Å². The molecule has 6 nitrogen and oxygen atoms in total. The molecule has 1 N–H and O–H groups in total. The van der Waals surface area contributed by atoms with Crippen LogP contribution in [0.5, 0.6) is 0 Å². The van der Waals surface area contributed by atoms with Gasteiger partial charge in [0, 0.05) is 19.8 Å². The molecule has 1 aromatic carbocycles. The summed E-state index contributed by atoms with van der Waals surface area (Å²) in [6.07, 6.45) is 0. The van der Waals surface area contributed by atoms with Gasteiger partial charge >= 0.3 is 5.97 Å². The van der Waals surface area contributed by atoms with Gasteiger partial charge < -0.3 is 15.0 Å². The second-order valence-corrected chi connectivity index (χ2v) is 6.30. The van der Waals surface area contributed by atoms with E-state index >= 15 is 0 Å². The summed E-state index contributed by atoms with van der Waals surface area (Å²) in [7, 11) is 5.08. The quantitative estimate of drug-likeness (QED) is 0.860. The van der Waals surface area contributed by atoms with Crippen molar-refractivity contribution >= 4 is 23.4 Å². The Morgan fingerprint density at radius 2 is 2.00 bits per heavy atom. The van der Waals surface area contributed by atoms with Crippen molar-refractivity contribution < 1.29 is 14.3 Å². The number of rotatable bonds is 4. The minimum Gasteiger partial charge on any atom is -0.465 e. The van der Waals surface area contributed by atoms with Gasteiger partial charge in [-0.2, -0.15) is 0 Å². The molecule has 6 heteroatoms. The van der Waals surface area contributed by atoms with Crippen LogP contribution in [0.1, 0.15) is 36.7 Å². The van der Waals surface area contributed by atoms with Crippen LogP contribution >= 0.6 is 0 Å². The molecule has 1 aliphatic heterocycles. The van der Waals surface area contributed by atoms with Gasteiger partial charge in [0.2, 0.25) is 0 Å². The largest absolute Gasteiger partial charge is 0.465 e. The van der Waals surface area contributed by atoms with E-state index < -0.39 is 11.5 Å². The first-order valence-electron chi connectivity index (χ1n) is 7.52. The standard InChI is InChI=1S/C17H23N3O3/c1-10(2)17(3)16(22)18-14(19-17)13-11(15(21)23-6)8-7-9-12(13)20(4)5/h7-10H,1-6H3,(H,18,19,22). The van der Waals surface area contributed by atoms with E-state index in [0.717, 1.165) is 5.69 Å². The number of carbonyl (C=O) groups is 2. The Kier molecular flexibility index (Phi) is 4.45. The van der Waals surface area contributed by atoms with Crippen LogP contribution in [0.4, 0.5) is 5.69 Å². The molecule has 1 amide bonds. The first-order valence-corrected chi connectivity index (χ1v) is 7.52. The second kappa shape index (κ2) is 6.02. The van der Waals surface area contributed by atoms with Crippen molar-refractivity contribution in [3.8, 4) is 0 Å². The lowest BCUT2D eigenvalue weighted by Gasteiger charge is -2.21. The van der Waals surface area contributed by atoms with Crippen LogP contribution < -0.4 is 10.2 Å². The molecular formula is C17H23N3O3. The first kappa shape index (κ1) is 17.0. The Hall–Kier alpha value is -2.37.